The Balaban J connectivity index is 2.02. The quantitative estimate of drug-likeness (QED) is 0.601. The van der Waals surface area contributed by atoms with Gasteiger partial charge < -0.3 is 4.74 Å². The molecule has 0 aromatic heterocycles. The maximum absolute atomic E-state index is 6.51. The molecule has 16 heavy (non-hydrogen) atoms. The van der Waals surface area contributed by atoms with Gasteiger partial charge in [0.15, 0.2) is 0 Å². The molecule has 92 valence electrons. The molecule has 2 saturated heterocycles. The van der Waals surface area contributed by atoms with Gasteiger partial charge in [0.1, 0.15) is 0 Å². The van der Waals surface area contributed by atoms with Gasteiger partial charge in [-0.25, -0.2) is 0 Å². The fourth-order valence-electron chi connectivity index (χ4n) is 4.88. The summed E-state index contributed by atoms with van der Waals surface area (Å²) in [7, 11) is 0. The van der Waals surface area contributed by atoms with Gasteiger partial charge >= 0.3 is 0 Å². The lowest BCUT2D eigenvalue weighted by molar-refractivity contribution is -0.135. The van der Waals surface area contributed by atoms with Crippen molar-refractivity contribution in [2.75, 3.05) is 0 Å². The lowest BCUT2D eigenvalue weighted by atomic mass is 9.54. The summed E-state index contributed by atoms with van der Waals surface area (Å²) in [6.07, 6.45) is 7.43. The number of fused-ring (bicyclic) bond motifs is 2. The summed E-state index contributed by atoms with van der Waals surface area (Å²) in [5, 5.41) is 0. The average molecular weight is 222 g/mol. The minimum atomic E-state index is 0.126. The summed E-state index contributed by atoms with van der Waals surface area (Å²) < 4.78 is 6.51. The number of hydrogen-bond donors (Lipinski definition) is 0. The second kappa shape index (κ2) is 3.25. The molecule has 5 atom stereocenters. The lowest BCUT2D eigenvalue weighted by Gasteiger charge is -2.51. The average Bonchev–Trinajstić information content (AvgIpc) is 2.33. The highest BCUT2D eigenvalue weighted by atomic mass is 16.5. The van der Waals surface area contributed by atoms with Crippen LogP contribution in [0.4, 0.5) is 0 Å². The first kappa shape index (κ1) is 11.1. The van der Waals surface area contributed by atoms with Gasteiger partial charge in [-0.3, -0.25) is 0 Å². The van der Waals surface area contributed by atoms with Crippen LogP contribution in [0.5, 0.6) is 0 Å². The molecule has 0 aromatic carbocycles. The zero-order valence-electron chi connectivity index (χ0n) is 11.3. The highest BCUT2D eigenvalue weighted by molar-refractivity contribution is 5.05. The summed E-state index contributed by atoms with van der Waals surface area (Å²) in [5.74, 6) is 2.64. The predicted octanol–water partition coefficient (Wildman–Crippen LogP) is 4.02. The maximum atomic E-state index is 6.51. The molecule has 4 aliphatic rings. The molecule has 4 rings (SSSR count). The standard InChI is InChI=1S/C15H26O/c1-10-5-6-13-15(4)8-7-11(9-12(10)15)14(2,3)16-13/h10-13H,5-9H2,1-4H3. The van der Waals surface area contributed by atoms with Crippen LogP contribution in [-0.4, -0.2) is 11.7 Å². The Hall–Kier alpha value is -0.0400. The van der Waals surface area contributed by atoms with E-state index >= 15 is 0 Å². The van der Waals surface area contributed by atoms with E-state index in [1.165, 1.54) is 32.1 Å². The smallest absolute Gasteiger partial charge is 0.0658 e. The van der Waals surface area contributed by atoms with Crippen LogP contribution >= 0.6 is 0 Å². The first-order valence-corrected chi connectivity index (χ1v) is 7.11. The van der Waals surface area contributed by atoms with Gasteiger partial charge in [0, 0.05) is 0 Å². The van der Waals surface area contributed by atoms with Gasteiger partial charge in [-0.2, -0.15) is 0 Å². The van der Waals surface area contributed by atoms with Crippen LogP contribution < -0.4 is 0 Å². The van der Waals surface area contributed by atoms with Gasteiger partial charge in [-0.05, 0) is 69.1 Å². The molecule has 4 fully saturated rings. The normalized spacial score (nSPS) is 54.8. The van der Waals surface area contributed by atoms with Gasteiger partial charge in [0.2, 0.25) is 0 Å². The Bertz CT molecular complexity index is 296. The molecule has 2 aliphatic heterocycles. The van der Waals surface area contributed by atoms with Crippen molar-refractivity contribution in [3.63, 3.8) is 0 Å². The third-order valence-electron chi connectivity index (χ3n) is 6.15. The Kier molecular flexibility index (Phi) is 2.25. The second-order valence-electron chi connectivity index (χ2n) is 7.35. The van der Waals surface area contributed by atoms with E-state index < -0.39 is 0 Å². The van der Waals surface area contributed by atoms with Crippen LogP contribution in [0.1, 0.15) is 59.8 Å². The van der Waals surface area contributed by atoms with Gasteiger partial charge in [0.25, 0.3) is 0 Å². The van der Waals surface area contributed by atoms with E-state index in [-0.39, 0.29) is 5.60 Å². The van der Waals surface area contributed by atoms with Crippen molar-refractivity contribution < 1.29 is 4.74 Å². The van der Waals surface area contributed by atoms with Crippen LogP contribution in [0.25, 0.3) is 0 Å². The van der Waals surface area contributed by atoms with Crippen molar-refractivity contribution in [1.82, 2.24) is 0 Å². The second-order valence-corrected chi connectivity index (χ2v) is 7.35. The number of ether oxygens (including phenoxy) is 1. The fraction of sp³-hybridized carbons (Fsp3) is 1.00. The van der Waals surface area contributed by atoms with Crippen molar-refractivity contribution in [2.24, 2.45) is 23.2 Å². The SMILES string of the molecule is CC1CCC2OC(C)(C)C3CCC2(C)C1C3. The first-order valence-electron chi connectivity index (χ1n) is 7.11. The molecular formula is C15H26O. The topological polar surface area (TPSA) is 9.23 Å². The summed E-state index contributed by atoms with van der Waals surface area (Å²) in [4.78, 5) is 0. The highest BCUT2D eigenvalue weighted by Gasteiger charge is 2.57. The monoisotopic (exact) mass is 222 g/mol. The summed E-state index contributed by atoms with van der Waals surface area (Å²) in [6, 6.07) is 0. The molecule has 1 nitrogen and oxygen atoms in total. The Labute approximate surface area is 99.9 Å². The van der Waals surface area contributed by atoms with E-state index in [1.54, 1.807) is 0 Å². The lowest BCUT2D eigenvalue weighted by Crippen LogP contribution is -2.47. The Morgan fingerprint density at radius 1 is 1.06 bits per heavy atom. The molecule has 0 N–H and O–H groups in total. The van der Waals surface area contributed by atoms with Gasteiger partial charge in [-0.1, -0.05) is 13.8 Å². The Morgan fingerprint density at radius 3 is 2.56 bits per heavy atom. The molecule has 5 unspecified atom stereocenters. The maximum Gasteiger partial charge on any atom is 0.0658 e. The largest absolute Gasteiger partial charge is 0.371 e. The molecule has 2 aliphatic carbocycles. The van der Waals surface area contributed by atoms with Crippen LogP contribution in [0, 0.1) is 23.2 Å². The molecule has 2 saturated carbocycles. The molecule has 0 aromatic rings. The molecule has 0 amide bonds. The molecule has 2 heterocycles. The first-order chi connectivity index (χ1) is 7.43. The highest BCUT2D eigenvalue weighted by Crippen LogP contribution is 2.60. The van der Waals surface area contributed by atoms with Crippen LogP contribution in [0.15, 0.2) is 0 Å². The number of rotatable bonds is 0. The van der Waals surface area contributed by atoms with E-state index in [0.717, 1.165) is 17.8 Å². The van der Waals surface area contributed by atoms with Crippen molar-refractivity contribution >= 4 is 0 Å². The van der Waals surface area contributed by atoms with E-state index in [2.05, 4.69) is 27.7 Å². The summed E-state index contributed by atoms with van der Waals surface area (Å²) >= 11 is 0. The van der Waals surface area contributed by atoms with Crippen LogP contribution in [-0.2, 0) is 4.74 Å². The minimum Gasteiger partial charge on any atom is -0.371 e. The molecule has 0 radical (unpaired) electrons. The van der Waals surface area contributed by atoms with E-state index in [4.69, 9.17) is 4.74 Å². The van der Waals surface area contributed by atoms with E-state index in [9.17, 15) is 0 Å². The fourth-order valence-corrected chi connectivity index (χ4v) is 4.88. The molecule has 0 spiro atoms. The third kappa shape index (κ3) is 1.33. The van der Waals surface area contributed by atoms with E-state index in [1.807, 2.05) is 0 Å². The van der Waals surface area contributed by atoms with Crippen molar-refractivity contribution in [3.05, 3.63) is 0 Å². The van der Waals surface area contributed by atoms with Gasteiger partial charge in [-0.15, -0.1) is 0 Å². The van der Waals surface area contributed by atoms with Crippen molar-refractivity contribution in [1.29, 1.82) is 0 Å². The van der Waals surface area contributed by atoms with Crippen molar-refractivity contribution in [2.45, 2.75) is 71.5 Å². The zero-order chi connectivity index (χ0) is 11.6. The molecule has 1 heteroatoms. The summed E-state index contributed by atoms with van der Waals surface area (Å²) in [6.45, 7) is 9.64. The van der Waals surface area contributed by atoms with Crippen LogP contribution in [0.2, 0.25) is 0 Å². The van der Waals surface area contributed by atoms with Crippen molar-refractivity contribution in [3.8, 4) is 0 Å². The van der Waals surface area contributed by atoms with Crippen LogP contribution in [0.3, 0.4) is 0 Å². The Morgan fingerprint density at radius 2 is 1.81 bits per heavy atom. The minimum absolute atomic E-state index is 0.126. The van der Waals surface area contributed by atoms with E-state index in [0.29, 0.717) is 11.5 Å². The molecule has 4 bridgehead atoms. The number of hydrogen-bond acceptors (Lipinski definition) is 1. The predicted molar refractivity (Wildman–Crippen MR) is 66.3 cm³/mol. The third-order valence-corrected chi connectivity index (χ3v) is 6.15. The van der Waals surface area contributed by atoms with Gasteiger partial charge in [0.05, 0.1) is 11.7 Å². The zero-order valence-corrected chi connectivity index (χ0v) is 11.3. The molecular weight excluding hydrogens is 196 g/mol. The summed E-state index contributed by atoms with van der Waals surface area (Å²) in [5.41, 5.74) is 0.614.